The van der Waals surface area contributed by atoms with Crippen molar-refractivity contribution < 1.29 is 0 Å². The quantitative estimate of drug-likeness (QED) is 0.473. The van der Waals surface area contributed by atoms with E-state index in [2.05, 4.69) is 44.8 Å². The first kappa shape index (κ1) is 20.5. The average molecular weight is 416 g/mol. The molecule has 0 aliphatic heterocycles. The van der Waals surface area contributed by atoms with E-state index < -0.39 is 0 Å². The summed E-state index contributed by atoms with van der Waals surface area (Å²) >= 11 is 0. The zero-order valence-corrected chi connectivity index (χ0v) is 17.7. The SMILES string of the molecule is CCC=Cc1nn(CCC)c(=O)n1Cc1ccc(-c2cccc(-c3nn[nH]n3)c2)cc1. The Morgan fingerprint density at radius 1 is 1.03 bits per heavy atom. The summed E-state index contributed by atoms with van der Waals surface area (Å²) in [5.41, 5.74) is 4.01. The van der Waals surface area contributed by atoms with E-state index in [-0.39, 0.29) is 5.69 Å². The first-order chi connectivity index (χ1) is 15.2. The third kappa shape index (κ3) is 4.53. The van der Waals surface area contributed by atoms with Gasteiger partial charge in [0.05, 0.1) is 6.54 Å². The van der Waals surface area contributed by atoms with Gasteiger partial charge in [-0.25, -0.2) is 9.48 Å². The van der Waals surface area contributed by atoms with Crippen molar-refractivity contribution in [3.63, 3.8) is 0 Å². The summed E-state index contributed by atoms with van der Waals surface area (Å²) in [5.74, 6) is 1.26. The fourth-order valence-electron chi connectivity index (χ4n) is 3.42. The number of aryl methyl sites for hydroxylation is 1. The minimum Gasteiger partial charge on any atom is -0.271 e. The Balaban J connectivity index is 1.59. The number of aromatic nitrogens is 7. The highest BCUT2D eigenvalue weighted by molar-refractivity contribution is 5.70. The Hall–Kier alpha value is -3.81. The standard InChI is InChI=1S/C23H25N7O/c1-3-5-9-21-26-30(14-4-2)23(31)29(21)16-17-10-12-18(13-11-17)19-7-6-8-20(15-19)22-24-27-28-25-22/h5-13,15H,3-4,14,16H2,1-2H3,(H,24,25,27,28). The Labute approximate surface area is 180 Å². The van der Waals surface area contributed by atoms with Gasteiger partial charge in [0.25, 0.3) is 0 Å². The minimum atomic E-state index is -0.0745. The van der Waals surface area contributed by atoms with Gasteiger partial charge in [-0.15, -0.1) is 10.2 Å². The maximum atomic E-state index is 12.8. The van der Waals surface area contributed by atoms with Crippen molar-refractivity contribution >= 4 is 6.08 Å². The molecule has 0 bridgehead atoms. The predicted molar refractivity (Wildman–Crippen MR) is 120 cm³/mol. The van der Waals surface area contributed by atoms with E-state index >= 15 is 0 Å². The summed E-state index contributed by atoms with van der Waals surface area (Å²) in [5, 5.41) is 18.7. The lowest BCUT2D eigenvalue weighted by molar-refractivity contribution is 0.570. The first-order valence-electron chi connectivity index (χ1n) is 10.5. The third-order valence-corrected chi connectivity index (χ3v) is 4.98. The summed E-state index contributed by atoms with van der Waals surface area (Å²) in [4.78, 5) is 12.8. The number of rotatable bonds is 8. The molecule has 0 atom stereocenters. The molecule has 4 rings (SSSR count). The topological polar surface area (TPSA) is 94.3 Å². The molecule has 0 unspecified atom stereocenters. The second-order valence-electron chi connectivity index (χ2n) is 7.27. The Bertz CT molecular complexity index is 1220. The average Bonchev–Trinajstić information content (AvgIpc) is 3.43. The highest BCUT2D eigenvalue weighted by Crippen LogP contribution is 2.24. The molecule has 0 radical (unpaired) electrons. The fourth-order valence-corrected chi connectivity index (χ4v) is 3.42. The van der Waals surface area contributed by atoms with Crippen LogP contribution in [-0.4, -0.2) is 35.0 Å². The van der Waals surface area contributed by atoms with Gasteiger partial charge < -0.3 is 0 Å². The molecule has 158 valence electrons. The summed E-state index contributed by atoms with van der Waals surface area (Å²) in [7, 11) is 0. The van der Waals surface area contributed by atoms with Crippen LogP contribution in [0.2, 0.25) is 0 Å². The highest BCUT2D eigenvalue weighted by Gasteiger charge is 2.12. The molecule has 0 saturated carbocycles. The lowest BCUT2D eigenvalue weighted by Crippen LogP contribution is -2.25. The Morgan fingerprint density at radius 2 is 1.84 bits per heavy atom. The van der Waals surface area contributed by atoms with Gasteiger partial charge in [-0.2, -0.15) is 10.3 Å². The van der Waals surface area contributed by atoms with Gasteiger partial charge in [-0.05, 0) is 46.9 Å². The molecule has 2 aromatic heterocycles. The second-order valence-corrected chi connectivity index (χ2v) is 7.27. The summed E-state index contributed by atoms with van der Waals surface area (Å²) in [6.45, 7) is 5.21. The third-order valence-electron chi connectivity index (χ3n) is 4.98. The van der Waals surface area contributed by atoms with Crippen LogP contribution in [0.1, 0.15) is 38.1 Å². The molecule has 8 heteroatoms. The van der Waals surface area contributed by atoms with Crippen LogP contribution in [0.3, 0.4) is 0 Å². The molecule has 31 heavy (non-hydrogen) atoms. The van der Waals surface area contributed by atoms with E-state index in [1.807, 2.05) is 55.5 Å². The molecule has 4 aromatic rings. The van der Waals surface area contributed by atoms with Crippen LogP contribution in [0.15, 0.2) is 59.4 Å². The van der Waals surface area contributed by atoms with Crippen LogP contribution < -0.4 is 5.69 Å². The van der Waals surface area contributed by atoms with Crippen molar-refractivity contribution in [1.82, 2.24) is 35.0 Å². The van der Waals surface area contributed by atoms with Gasteiger partial charge in [0, 0.05) is 12.1 Å². The van der Waals surface area contributed by atoms with Crippen LogP contribution in [0.4, 0.5) is 0 Å². The van der Waals surface area contributed by atoms with Crippen molar-refractivity contribution in [2.24, 2.45) is 0 Å². The van der Waals surface area contributed by atoms with Crippen LogP contribution in [0, 0.1) is 0 Å². The monoisotopic (exact) mass is 415 g/mol. The first-order valence-corrected chi connectivity index (χ1v) is 10.5. The Kier molecular flexibility index (Phi) is 6.16. The molecular weight excluding hydrogens is 390 g/mol. The molecule has 0 saturated heterocycles. The van der Waals surface area contributed by atoms with E-state index in [1.54, 1.807) is 9.25 Å². The number of tetrazole rings is 1. The summed E-state index contributed by atoms with van der Waals surface area (Å²) in [6.07, 6.45) is 5.71. The van der Waals surface area contributed by atoms with Crippen molar-refractivity contribution in [1.29, 1.82) is 0 Å². The smallest absolute Gasteiger partial charge is 0.271 e. The summed E-state index contributed by atoms with van der Waals surface area (Å²) in [6, 6.07) is 16.2. The molecule has 2 aromatic carbocycles. The number of H-pyrrole nitrogens is 1. The second kappa shape index (κ2) is 9.34. The molecule has 1 N–H and O–H groups in total. The molecule has 0 spiro atoms. The van der Waals surface area contributed by atoms with E-state index in [1.165, 1.54) is 0 Å². The van der Waals surface area contributed by atoms with Crippen LogP contribution in [0.5, 0.6) is 0 Å². The van der Waals surface area contributed by atoms with Gasteiger partial charge >= 0.3 is 5.69 Å². The molecule has 0 amide bonds. The van der Waals surface area contributed by atoms with Crippen molar-refractivity contribution in [2.75, 3.05) is 0 Å². The number of benzene rings is 2. The molecule has 8 nitrogen and oxygen atoms in total. The zero-order valence-electron chi connectivity index (χ0n) is 17.7. The van der Waals surface area contributed by atoms with E-state index in [0.29, 0.717) is 24.7 Å². The van der Waals surface area contributed by atoms with Gasteiger partial charge in [0.1, 0.15) is 0 Å². The maximum Gasteiger partial charge on any atom is 0.346 e. The van der Waals surface area contributed by atoms with Crippen LogP contribution in [0.25, 0.3) is 28.6 Å². The van der Waals surface area contributed by atoms with E-state index in [4.69, 9.17) is 0 Å². The number of hydrogen-bond donors (Lipinski definition) is 1. The maximum absolute atomic E-state index is 12.8. The van der Waals surface area contributed by atoms with Crippen molar-refractivity contribution in [3.05, 3.63) is 76.5 Å². The van der Waals surface area contributed by atoms with Crippen LogP contribution >= 0.6 is 0 Å². The van der Waals surface area contributed by atoms with Gasteiger partial charge in [-0.3, -0.25) is 4.57 Å². The summed E-state index contributed by atoms with van der Waals surface area (Å²) < 4.78 is 3.28. The molecule has 2 heterocycles. The number of aromatic amines is 1. The highest BCUT2D eigenvalue weighted by atomic mass is 16.2. The lowest BCUT2D eigenvalue weighted by atomic mass is 10.0. The lowest BCUT2D eigenvalue weighted by Gasteiger charge is -2.07. The normalized spacial score (nSPS) is 11.4. The van der Waals surface area contributed by atoms with E-state index in [0.717, 1.165) is 35.1 Å². The van der Waals surface area contributed by atoms with Gasteiger partial charge in [0.2, 0.25) is 5.82 Å². The zero-order chi connectivity index (χ0) is 21.6. The largest absolute Gasteiger partial charge is 0.346 e. The number of nitrogens with zero attached hydrogens (tertiary/aromatic N) is 6. The molecule has 0 aliphatic carbocycles. The van der Waals surface area contributed by atoms with Gasteiger partial charge in [-0.1, -0.05) is 62.4 Å². The van der Waals surface area contributed by atoms with Crippen molar-refractivity contribution in [3.8, 4) is 22.5 Å². The Morgan fingerprint density at radius 3 is 2.55 bits per heavy atom. The minimum absolute atomic E-state index is 0.0745. The fraction of sp³-hybridized carbons (Fsp3) is 0.261. The molecular formula is C23H25N7O. The van der Waals surface area contributed by atoms with Crippen molar-refractivity contribution in [2.45, 2.75) is 39.8 Å². The molecule has 0 fully saturated rings. The predicted octanol–water partition coefficient (Wildman–Crippen LogP) is 3.77. The van der Waals surface area contributed by atoms with E-state index in [9.17, 15) is 4.79 Å². The van der Waals surface area contributed by atoms with Crippen LogP contribution in [-0.2, 0) is 13.1 Å². The van der Waals surface area contributed by atoms with Gasteiger partial charge in [0.15, 0.2) is 5.82 Å². The number of nitrogens with one attached hydrogen (secondary N) is 1. The number of hydrogen-bond acceptors (Lipinski definition) is 5. The number of allylic oxidation sites excluding steroid dienone is 1. The molecule has 0 aliphatic rings.